The van der Waals surface area contributed by atoms with Gasteiger partial charge in [0.05, 0.1) is 20.8 Å². The van der Waals surface area contributed by atoms with Crippen molar-refractivity contribution < 1.29 is 9.36 Å². The monoisotopic (exact) mass is 329 g/mol. The SMILES string of the molecule is Cc1cccc[n+]1CC(=O)Nc1cc(Cl)c(Cl)cc1Cl. The fourth-order valence-electron chi connectivity index (χ4n) is 1.70. The number of pyridine rings is 1. The lowest BCUT2D eigenvalue weighted by Crippen LogP contribution is -2.42. The van der Waals surface area contributed by atoms with Crippen LogP contribution in [0.3, 0.4) is 0 Å². The quantitative estimate of drug-likeness (QED) is 0.672. The van der Waals surface area contributed by atoms with Crippen molar-refractivity contribution in [1.29, 1.82) is 0 Å². The maximum Gasteiger partial charge on any atom is 0.290 e. The van der Waals surface area contributed by atoms with Crippen LogP contribution in [0.5, 0.6) is 0 Å². The van der Waals surface area contributed by atoms with Gasteiger partial charge in [0.25, 0.3) is 5.91 Å². The van der Waals surface area contributed by atoms with E-state index in [1.165, 1.54) is 12.1 Å². The van der Waals surface area contributed by atoms with E-state index in [1.54, 1.807) is 0 Å². The average molecular weight is 331 g/mol. The summed E-state index contributed by atoms with van der Waals surface area (Å²) in [5.74, 6) is -0.190. The first-order valence-corrected chi connectivity index (χ1v) is 7.00. The zero-order valence-corrected chi connectivity index (χ0v) is 12.9. The Labute approximate surface area is 132 Å². The Morgan fingerprint density at radius 3 is 2.55 bits per heavy atom. The van der Waals surface area contributed by atoms with Crippen LogP contribution in [0, 0.1) is 6.92 Å². The fourth-order valence-corrected chi connectivity index (χ4v) is 2.30. The Kier molecular flexibility index (Phi) is 4.86. The van der Waals surface area contributed by atoms with E-state index in [0.717, 1.165) is 5.69 Å². The summed E-state index contributed by atoms with van der Waals surface area (Å²) in [6.07, 6.45) is 1.84. The highest BCUT2D eigenvalue weighted by Gasteiger charge is 2.14. The Morgan fingerprint density at radius 1 is 1.15 bits per heavy atom. The predicted octanol–water partition coefficient (Wildman–Crippen LogP) is 3.88. The Balaban J connectivity index is 2.13. The number of halogens is 3. The van der Waals surface area contributed by atoms with Crippen molar-refractivity contribution >= 4 is 46.4 Å². The summed E-state index contributed by atoms with van der Waals surface area (Å²) in [4.78, 5) is 12.0. The largest absolute Gasteiger partial charge is 0.319 e. The van der Waals surface area contributed by atoms with Crippen LogP contribution < -0.4 is 9.88 Å². The number of nitrogens with zero attached hydrogens (tertiary/aromatic N) is 1. The van der Waals surface area contributed by atoms with Crippen LogP contribution in [-0.4, -0.2) is 5.91 Å². The molecule has 20 heavy (non-hydrogen) atoms. The first-order valence-electron chi connectivity index (χ1n) is 5.87. The molecule has 0 radical (unpaired) electrons. The molecule has 2 aromatic rings. The Hall–Kier alpha value is -1.29. The van der Waals surface area contributed by atoms with Crippen LogP contribution in [0.1, 0.15) is 5.69 Å². The maximum atomic E-state index is 12.0. The van der Waals surface area contributed by atoms with Crippen LogP contribution in [0.15, 0.2) is 36.5 Å². The van der Waals surface area contributed by atoms with Gasteiger partial charge in [0.1, 0.15) is 0 Å². The molecule has 0 unspecified atom stereocenters. The lowest BCUT2D eigenvalue weighted by atomic mass is 10.3. The highest BCUT2D eigenvalue weighted by Crippen LogP contribution is 2.32. The molecule has 104 valence electrons. The molecule has 0 saturated carbocycles. The highest BCUT2D eigenvalue weighted by molar-refractivity contribution is 6.44. The molecule has 6 heteroatoms. The summed E-state index contributed by atoms with van der Waals surface area (Å²) < 4.78 is 1.83. The first-order chi connectivity index (χ1) is 9.47. The average Bonchev–Trinajstić information content (AvgIpc) is 2.39. The minimum atomic E-state index is -0.190. The molecule has 1 heterocycles. The van der Waals surface area contributed by atoms with Crippen molar-refractivity contribution in [2.75, 3.05) is 5.32 Å². The minimum absolute atomic E-state index is 0.190. The van der Waals surface area contributed by atoms with E-state index in [1.807, 2.05) is 35.9 Å². The number of rotatable bonds is 3. The number of carbonyl (C=O) groups excluding carboxylic acids is 1. The second kappa shape index (κ2) is 6.44. The molecule has 0 fully saturated rings. The molecule has 0 saturated heterocycles. The van der Waals surface area contributed by atoms with E-state index >= 15 is 0 Å². The third-order valence-corrected chi connectivity index (χ3v) is 3.80. The lowest BCUT2D eigenvalue weighted by molar-refractivity contribution is -0.690. The second-order valence-electron chi connectivity index (χ2n) is 4.26. The molecule has 0 atom stereocenters. The van der Waals surface area contributed by atoms with Gasteiger partial charge in [-0.15, -0.1) is 0 Å². The van der Waals surface area contributed by atoms with E-state index in [2.05, 4.69) is 5.32 Å². The maximum absolute atomic E-state index is 12.0. The molecule has 0 aliphatic carbocycles. The smallest absolute Gasteiger partial charge is 0.290 e. The van der Waals surface area contributed by atoms with E-state index in [4.69, 9.17) is 34.8 Å². The molecule has 1 amide bonds. The van der Waals surface area contributed by atoms with Gasteiger partial charge in [0.2, 0.25) is 6.54 Å². The van der Waals surface area contributed by atoms with Gasteiger partial charge >= 0.3 is 0 Å². The van der Waals surface area contributed by atoms with Crippen LogP contribution >= 0.6 is 34.8 Å². The Morgan fingerprint density at radius 2 is 1.85 bits per heavy atom. The van der Waals surface area contributed by atoms with Gasteiger partial charge < -0.3 is 5.32 Å². The number of carbonyl (C=O) groups is 1. The standard InChI is InChI=1S/C14H11Cl3N2O/c1-9-4-2-3-5-19(9)8-14(20)18-13-7-11(16)10(15)6-12(13)17/h2-7H,8H2,1H3/p+1. The summed E-state index contributed by atoms with van der Waals surface area (Å²) in [6, 6.07) is 8.75. The third kappa shape index (κ3) is 3.63. The molecular formula is C14H12Cl3N2O+. The van der Waals surface area contributed by atoms with E-state index < -0.39 is 0 Å². The van der Waals surface area contributed by atoms with Gasteiger partial charge in [-0.05, 0) is 12.1 Å². The topological polar surface area (TPSA) is 33.0 Å². The van der Waals surface area contributed by atoms with Crippen molar-refractivity contribution in [3.8, 4) is 0 Å². The zero-order valence-electron chi connectivity index (χ0n) is 10.7. The molecule has 0 bridgehead atoms. The molecule has 0 aliphatic rings. The summed E-state index contributed by atoms with van der Waals surface area (Å²) in [6.45, 7) is 2.13. The number of anilines is 1. The van der Waals surface area contributed by atoms with Crippen molar-refractivity contribution in [3.05, 3.63) is 57.3 Å². The van der Waals surface area contributed by atoms with Crippen LogP contribution in [0.2, 0.25) is 15.1 Å². The molecular weight excluding hydrogens is 319 g/mol. The van der Waals surface area contributed by atoms with Gasteiger partial charge in [-0.25, -0.2) is 0 Å². The third-order valence-electron chi connectivity index (χ3n) is 2.77. The predicted molar refractivity (Wildman–Crippen MR) is 81.5 cm³/mol. The number of hydrogen-bond donors (Lipinski definition) is 1. The summed E-state index contributed by atoms with van der Waals surface area (Å²) in [5, 5.41) is 3.76. The number of benzene rings is 1. The lowest BCUT2D eigenvalue weighted by Gasteiger charge is -2.07. The molecule has 2 rings (SSSR count). The van der Waals surface area contributed by atoms with Crippen molar-refractivity contribution in [2.45, 2.75) is 13.5 Å². The van der Waals surface area contributed by atoms with Gasteiger partial charge in [0, 0.05) is 19.1 Å². The molecule has 1 N–H and O–H groups in total. The van der Waals surface area contributed by atoms with Crippen LogP contribution in [0.4, 0.5) is 5.69 Å². The number of amides is 1. The molecule has 0 aliphatic heterocycles. The second-order valence-corrected chi connectivity index (χ2v) is 5.49. The molecule has 1 aromatic heterocycles. The normalized spacial score (nSPS) is 10.4. The zero-order chi connectivity index (χ0) is 14.7. The van der Waals surface area contributed by atoms with Crippen molar-refractivity contribution in [3.63, 3.8) is 0 Å². The molecule has 0 spiro atoms. The van der Waals surface area contributed by atoms with Crippen molar-refractivity contribution in [2.24, 2.45) is 0 Å². The minimum Gasteiger partial charge on any atom is -0.319 e. The number of hydrogen-bond acceptors (Lipinski definition) is 1. The fraction of sp³-hybridized carbons (Fsp3) is 0.143. The van der Waals surface area contributed by atoms with E-state index in [0.29, 0.717) is 20.8 Å². The van der Waals surface area contributed by atoms with Gasteiger partial charge in [-0.2, -0.15) is 4.57 Å². The number of nitrogens with one attached hydrogen (secondary N) is 1. The number of aromatic nitrogens is 1. The van der Waals surface area contributed by atoms with E-state index in [9.17, 15) is 4.79 Å². The summed E-state index contributed by atoms with van der Waals surface area (Å²) >= 11 is 17.8. The van der Waals surface area contributed by atoms with Gasteiger partial charge in [-0.1, -0.05) is 40.9 Å². The Bertz CT molecular complexity index is 659. The molecule has 1 aromatic carbocycles. The summed E-state index contributed by atoms with van der Waals surface area (Å²) in [7, 11) is 0. The van der Waals surface area contributed by atoms with Crippen molar-refractivity contribution in [1.82, 2.24) is 0 Å². The van der Waals surface area contributed by atoms with Crippen LogP contribution in [0.25, 0.3) is 0 Å². The van der Waals surface area contributed by atoms with Gasteiger partial charge in [-0.3, -0.25) is 4.79 Å². The molecule has 3 nitrogen and oxygen atoms in total. The summed E-state index contributed by atoms with van der Waals surface area (Å²) in [5.41, 5.74) is 1.43. The number of aryl methyl sites for hydroxylation is 1. The van der Waals surface area contributed by atoms with Gasteiger partial charge in [0.15, 0.2) is 11.9 Å². The van der Waals surface area contributed by atoms with Crippen LogP contribution in [-0.2, 0) is 11.3 Å². The first kappa shape index (κ1) is 15.1. The van der Waals surface area contributed by atoms with E-state index in [-0.39, 0.29) is 12.5 Å². The highest BCUT2D eigenvalue weighted by atomic mass is 35.5.